The highest BCUT2D eigenvalue weighted by molar-refractivity contribution is 5.81. The van der Waals surface area contributed by atoms with Crippen LogP contribution in [0, 0.1) is 12.8 Å². The first kappa shape index (κ1) is 15.4. The number of hydrogen-bond acceptors (Lipinski definition) is 3. The summed E-state index contributed by atoms with van der Waals surface area (Å²) in [6.45, 7) is 4.31. The third kappa shape index (κ3) is 3.74. The van der Waals surface area contributed by atoms with E-state index in [1.54, 1.807) is 4.90 Å². The molecule has 0 aliphatic carbocycles. The van der Waals surface area contributed by atoms with Gasteiger partial charge in [0.2, 0.25) is 5.91 Å². The number of amides is 2. The van der Waals surface area contributed by atoms with Gasteiger partial charge in [-0.05, 0) is 38.3 Å². The predicted octanol–water partition coefficient (Wildman–Crippen LogP) is 1.49. The Bertz CT molecular complexity index is 530. The maximum absolute atomic E-state index is 12.3. The summed E-state index contributed by atoms with van der Waals surface area (Å²) in [5.41, 5.74) is 6.34. The molecule has 5 heteroatoms. The number of carbonyl (C=O) groups excluding carboxylic acids is 2. The molecule has 0 bridgehead atoms. The number of para-hydroxylation sites is 1. The predicted molar refractivity (Wildman–Crippen MR) is 79.8 cm³/mol. The van der Waals surface area contributed by atoms with E-state index in [2.05, 4.69) is 0 Å². The van der Waals surface area contributed by atoms with Gasteiger partial charge >= 0.3 is 0 Å². The molecular weight excluding hydrogens is 268 g/mol. The number of aryl methyl sites for hydroxylation is 1. The highest BCUT2D eigenvalue weighted by Crippen LogP contribution is 2.22. The van der Waals surface area contributed by atoms with E-state index in [-0.39, 0.29) is 30.4 Å². The summed E-state index contributed by atoms with van der Waals surface area (Å²) in [6.07, 6.45) is 1.54. The first-order valence-electron chi connectivity index (χ1n) is 7.26. The van der Waals surface area contributed by atoms with Crippen molar-refractivity contribution in [3.8, 4) is 5.75 Å². The van der Waals surface area contributed by atoms with Crippen molar-refractivity contribution in [2.24, 2.45) is 11.7 Å². The summed E-state index contributed by atoms with van der Waals surface area (Å²) in [5, 5.41) is 0. The molecule has 2 amide bonds. The van der Waals surface area contributed by atoms with E-state index >= 15 is 0 Å². The molecule has 21 heavy (non-hydrogen) atoms. The number of ether oxygens (including phenoxy) is 1. The van der Waals surface area contributed by atoms with Crippen molar-refractivity contribution in [2.75, 3.05) is 13.2 Å². The lowest BCUT2D eigenvalue weighted by Crippen LogP contribution is -2.50. The Balaban J connectivity index is 1.95. The summed E-state index contributed by atoms with van der Waals surface area (Å²) in [6, 6.07) is 7.70. The number of piperidine rings is 1. The van der Waals surface area contributed by atoms with Crippen LogP contribution in [0.25, 0.3) is 0 Å². The third-order valence-corrected chi connectivity index (χ3v) is 4.05. The quantitative estimate of drug-likeness (QED) is 0.913. The number of rotatable bonds is 4. The monoisotopic (exact) mass is 290 g/mol. The Hall–Kier alpha value is -2.04. The Morgan fingerprint density at radius 3 is 2.71 bits per heavy atom. The fourth-order valence-corrected chi connectivity index (χ4v) is 2.63. The summed E-state index contributed by atoms with van der Waals surface area (Å²) in [5.74, 6) is 0.0294. The van der Waals surface area contributed by atoms with Crippen LogP contribution >= 0.6 is 0 Å². The maximum atomic E-state index is 12.3. The number of nitrogens with zero attached hydrogens (tertiary/aromatic N) is 1. The maximum Gasteiger partial charge on any atom is 0.260 e. The van der Waals surface area contributed by atoms with Crippen molar-refractivity contribution in [2.45, 2.75) is 32.7 Å². The fourth-order valence-electron chi connectivity index (χ4n) is 2.63. The molecular formula is C16H22N2O3. The van der Waals surface area contributed by atoms with Gasteiger partial charge in [-0.1, -0.05) is 18.2 Å². The van der Waals surface area contributed by atoms with Crippen molar-refractivity contribution in [3.05, 3.63) is 29.8 Å². The molecule has 2 rings (SSSR count). The molecule has 1 saturated heterocycles. The van der Waals surface area contributed by atoms with E-state index < -0.39 is 0 Å². The second-order valence-corrected chi connectivity index (χ2v) is 5.63. The number of hydrogen-bond donors (Lipinski definition) is 1. The number of likely N-dealkylation sites (tertiary alicyclic amines) is 1. The minimum Gasteiger partial charge on any atom is -0.484 e. The molecule has 1 aromatic rings. The van der Waals surface area contributed by atoms with E-state index in [1.165, 1.54) is 0 Å². The van der Waals surface area contributed by atoms with Gasteiger partial charge in [0.1, 0.15) is 5.75 Å². The minimum absolute atomic E-state index is 0.0132. The highest BCUT2D eigenvalue weighted by Gasteiger charge is 2.31. The van der Waals surface area contributed by atoms with Gasteiger partial charge in [0.15, 0.2) is 6.61 Å². The molecule has 0 unspecified atom stereocenters. The van der Waals surface area contributed by atoms with Gasteiger partial charge in [-0.25, -0.2) is 0 Å². The van der Waals surface area contributed by atoms with E-state index in [0.717, 1.165) is 18.4 Å². The molecule has 1 aliphatic heterocycles. The van der Waals surface area contributed by atoms with Crippen LogP contribution in [0.1, 0.15) is 25.3 Å². The molecule has 1 aromatic carbocycles. The number of nitrogens with two attached hydrogens (primary N) is 1. The second-order valence-electron chi connectivity index (χ2n) is 5.63. The van der Waals surface area contributed by atoms with E-state index in [0.29, 0.717) is 12.3 Å². The largest absolute Gasteiger partial charge is 0.484 e. The van der Waals surface area contributed by atoms with Gasteiger partial charge in [-0.3, -0.25) is 9.59 Å². The van der Waals surface area contributed by atoms with Crippen molar-refractivity contribution in [3.63, 3.8) is 0 Å². The van der Waals surface area contributed by atoms with Gasteiger partial charge in [-0.2, -0.15) is 0 Å². The SMILES string of the molecule is Cc1ccccc1OCC(=O)N1C[C@@H](C(N)=O)CC[C@H]1C. The summed E-state index contributed by atoms with van der Waals surface area (Å²) < 4.78 is 5.59. The first-order valence-corrected chi connectivity index (χ1v) is 7.26. The molecule has 2 N–H and O–H groups in total. The van der Waals surface area contributed by atoms with Crippen molar-refractivity contribution in [1.29, 1.82) is 0 Å². The van der Waals surface area contributed by atoms with Crippen LogP contribution in [0.4, 0.5) is 0 Å². The summed E-state index contributed by atoms with van der Waals surface area (Å²) >= 11 is 0. The molecule has 0 aromatic heterocycles. The highest BCUT2D eigenvalue weighted by atomic mass is 16.5. The normalized spacial score (nSPS) is 21.9. The molecule has 114 valence electrons. The topological polar surface area (TPSA) is 72.6 Å². The second kappa shape index (κ2) is 6.61. The molecule has 1 aliphatic rings. The number of primary amides is 1. The fraction of sp³-hybridized carbons (Fsp3) is 0.500. The van der Waals surface area contributed by atoms with Gasteiger partial charge in [0, 0.05) is 12.6 Å². The van der Waals surface area contributed by atoms with Gasteiger partial charge in [-0.15, -0.1) is 0 Å². The molecule has 0 radical (unpaired) electrons. The molecule has 1 heterocycles. The van der Waals surface area contributed by atoms with Crippen molar-refractivity contribution in [1.82, 2.24) is 4.90 Å². The molecule has 5 nitrogen and oxygen atoms in total. The van der Waals surface area contributed by atoms with E-state index in [9.17, 15) is 9.59 Å². The summed E-state index contributed by atoms with van der Waals surface area (Å²) in [4.78, 5) is 25.3. The lowest BCUT2D eigenvalue weighted by molar-refractivity contribution is -0.139. The average Bonchev–Trinajstić information content (AvgIpc) is 2.46. The lowest BCUT2D eigenvalue weighted by Gasteiger charge is -2.36. The van der Waals surface area contributed by atoms with Crippen LogP contribution in [0.5, 0.6) is 5.75 Å². The minimum atomic E-state index is -0.334. The number of carbonyl (C=O) groups is 2. The molecule has 0 spiro atoms. The zero-order valence-electron chi connectivity index (χ0n) is 12.5. The molecule has 0 saturated carbocycles. The van der Waals surface area contributed by atoms with Gasteiger partial charge in [0.25, 0.3) is 5.91 Å². The van der Waals surface area contributed by atoms with Crippen LogP contribution < -0.4 is 10.5 Å². The Kier molecular flexibility index (Phi) is 4.83. The molecule has 1 fully saturated rings. The van der Waals surface area contributed by atoms with Gasteiger partial charge in [0.05, 0.1) is 5.92 Å². The van der Waals surface area contributed by atoms with Crippen LogP contribution in [-0.2, 0) is 9.59 Å². The van der Waals surface area contributed by atoms with Crippen LogP contribution in [-0.4, -0.2) is 35.9 Å². The van der Waals surface area contributed by atoms with Crippen LogP contribution in [0.2, 0.25) is 0 Å². The third-order valence-electron chi connectivity index (χ3n) is 4.05. The van der Waals surface area contributed by atoms with Crippen molar-refractivity contribution < 1.29 is 14.3 Å². The Labute approximate surface area is 125 Å². The average molecular weight is 290 g/mol. The molecule has 2 atom stereocenters. The standard InChI is InChI=1S/C16H22N2O3/c1-11-5-3-4-6-14(11)21-10-15(19)18-9-13(16(17)20)8-7-12(18)2/h3-6,12-13H,7-10H2,1-2H3,(H2,17,20)/t12-,13+/m1/s1. The Morgan fingerprint density at radius 2 is 2.05 bits per heavy atom. The van der Waals surface area contributed by atoms with Gasteiger partial charge < -0.3 is 15.4 Å². The van der Waals surface area contributed by atoms with E-state index in [1.807, 2.05) is 38.1 Å². The zero-order chi connectivity index (χ0) is 15.4. The Morgan fingerprint density at radius 1 is 1.33 bits per heavy atom. The first-order chi connectivity index (χ1) is 9.99. The number of benzene rings is 1. The zero-order valence-corrected chi connectivity index (χ0v) is 12.5. The van der Waals surface area contributed by atoms with Crippen LogP contribution in [0.15, 0.2) is 24.3 Å². The van der Waals surface area contributed by atoms with E-state index in [4.69, 9.17) is 10.5 Å². The summed E-state index contributed by atoms with van der Waals surface area (Å²) in [7, 11) is 0. The smallest absolute Gasteiger partial charge is 0.260 e. The van der Waals surface area contributed by atoms with Crippen LogP contribution in [0.3, 0.4) is 0 Å². The lowest BCUT2D eigenvalue weighted by atomic mass is 9.93. The van der Waals surface area contributed by atoms with Crippen molar-refractivity contribution >= 4 is 11.8 Å².